The Balaban J connectivity index is 1.73. The molecule has 0 spiro atoms. The van der Waals surface area contributed by atoms with E-state index < -0.39 is 5.51 Å². The minimum Gasteiger partial charge on any atom is -0.312 e. The molecule has 0 radical (unpaired) electrons. The zero-order chi connectivity index (χ0) is 15.3. The van der Waals surface area contributed by atoms with Gasteiger partial charge in [-0.25, -0.2) is 0 Å². The number of benzene rings is 1. The van der Waals surface area contributed by atoms with Crippen molar-refractivity contribution in [2.24, 2.45) is 0 Å². The molecule has 7 heteroatoms. The van der Waals surface area contributed by atoms with E-state index in [9.17, 15) is 13.2 Å². The summed E-state index contributed by atoms with van der Waals surface area (Å²) in [5.74, 6) is 0. The van der Waals surface area contributed by atoms with Crippen molar-refractivity contribution in [3.05, 3.63) is 51.2 Å². The fraction of sp³-hybridized carbons (Fsp3) is 0.286. The molecule has 2 rings (SSSR count). The van der Waals surface area contributed by atoms with Crippen molar-refractivity contribution in [1.29, 1.82) is 0 Å². The minimum atomic E-state index is -4.23. The summed E-state index contributed by atoms with van der Waals surface area (Å²) in [5.41, 5.74) is -3.27. The van der Waals surface area contributed by atoms with E-state index in [1.807, 2.05) is 12.1 Å². The van der Waals surface area contributed by atoms with Crippen LogP contribution in [0.2, 0.25) is 4.34 Å². The molecular weight excluding hydrogens is 339 g/mol. The topological polar surface area (TPSA) is 12.0 Å². The summed E-state index contributed by atoms with van der Waals surface area (Å²) in [6.07, 6.45) is 0.888. The number of rotatable bonds is 6. The molecule has 0 bridgehead atoms. The highest BCUT2D eigenvalue weighted by molar-refractivity contribution is 8.00. The number of hydrogen-bond donors (Lipinski definition) is 1. The highest BCUT2D eigenvalue weighted by Crippen LogP contribution is 2.36. The van der Waals surface area contributed by atoms with Gasteiger partial charge in [0.05, 0.1) is 4.34 Å². The lowest BCUT2D eigenvalue weighted by Gasteiger charge is -2.07. The lowest BCUT2D eigenvalue weighted by Crippen LogP contribution is -2.16. The highest BCUT2D eigenvalue weighted by atomic mass is 35.5. The van der Waals surface area contributed by atoms with Crippen LogP contribution in [0.3, 0.4) is 0 Å². The molecule has 114 valence electrons. The van der Waals surface area contributed by atoms with Gasteiger partial charge < -0.3 is 5.32 Å². The molecule has 1 aromatic heterocycles. The molecule has 1 aromatic carbocycles. The smallest absolute Gasteiger partial charge is 0.312 e. The second kappa shape index (κ2) is 7.54. The van der Waals surface area contributed by atoms with Gasteiger partial charge in [-0.2, -0.15) is 13.2 Å². The molecule has 0 aliphatic heterocycles. The van der Waals surface area contributed by atoms with E-state index >= 15 is 0 Å². The third-order valence-electron chi connectivity index (χ3n) is 2.66. The number of thioether (sulfide) groups is 1. The Morgan fingerprint density at radius 2 is 1.81 bits per heavy atom. The third kappa shape index (κ3) is 6.30. The number of hydrogen-bond acceptors (Lipinski definition) is 3. The van der Waals surface area contributed by atoms with Crippen molar-refractivity contribution in [2.45, 2.75) is 23.4 Å². The van der Waals surface area contributed by atoms with Gasteiger partial charge in [0.2, 0.25) is 0 Å². The molecule has 0 unspecified atom stereocenters. The summed E-state index contributed by atoms with van der Waals surface area (Å²) in [6.45, 7) is 1.44. The summed E-state index contributed by atoms with van der Waals surface area (Å²) in [4.78, 5) is 1.42. The van der Waals surface area contributed by atoms with Gasteiger partial charge in [0.25, 0.3) is 0 Å². The van der Waals surface area contributed by atoms with E-state index in [2.05, 4.69) is 5.32 Å². The zero-order valence-electron chi connectivity index (χ0n) is 10.9. The van der Waals surface area contributed by atoms with E-state index in [-0.39, 0.29) is 16.7 Å². The SMILES string of the molecule is FC(F)(F)Sc1ccc(CNCCc2ccc(Cl)s2)cc1. The van der Waals surface area contributed by atoms with Crippen LogP contribution < -0.4 is 5.32 Å². The van der Waals surface area contributed by atoms with Gasteiger partial charge in [0, 0.05) is 22.9 Å². The maximum Gasteiger partial charge on any atom is 0.446 e. The first-order valence-corrected chi connectivity index (χ1v) is 8.23. The summed E-state index contributed by atoms with van der Waals surface area (Å²) < 4.78 is 37.4. The maximum atomic E-state index is 12.2. The van der Waals surface area contributed by atoms with Crippen molar-refractivity contribution in [3.63, 3.8) is 0 Å². The Hall–Kier alpha value is -0.690. The van der Waals surface area contributed by atoms with Crippen molar-refractivity contribution >= 4 is 34.7 Å². The Labute approximate surface area is 134 Å². The molecule has 0 saturated heterocycles. The van der Waals surface area contributed by atoms with E-state index in [0.29, 0.717) is 6.54 Å². The summed E-state index contributed by atoms with van der Waals surface area (Å²) in [5, 5.41) is 3.26. The van der Waals surface area contributed by atoms with Crippen LogP contribution in [-0.2, 0) is 13.0 Å². The molecule has 1 N–H and O–H groups in total. The van der Waals surface area contributed by atoms with Gasteiger partial charge in [-0.05, 0) is 48.0 Å². The predicted molar refractivity (Wildman–Crippen MR) is 83.1 cm³/mol. The van der Waals surface area contributed by atoms with E-state index in [0.717, 1.165) is 22.9 Å². The largest absolute Gasteiger partial charge is 0.446 e. The van der Waals surface area contributed by atoms with Gasteiger partial charge in [-0.3, -0.25) is 0 Å². The van der Waals surface area contributed by atoms with E-state index in [1.165, 1.54) is 17.0 Å². The van der Waals surface area contributed by atoms with Crippen molar-refractivity contribution in [3.8, 4) is 0 Å². The van der Waals surface area contributed by atoms with Gasteiger partial charge in [-0.1, -0.05) is 23.7 Å². The Bertz CT molecular complexity index is 566. The molecule has 1 heterocycles. The summed E-state index contributed by atoms with van der Waals surface area (Å²) in [6, 6.07) is 10.3. The Morgan fingerprint density at radius 3 is 2.38 bits per heavy atom. The molecule has 0 atom stereocenters. The van der Waals surface area contributed by atoms with Crippen LogP contribution >= 0.6 is 34.7 Å². The predicted octanol–water partition coefficient (Wildman–Crippen LogP) is 5.35. The third-order valence-corrected chi connectivity index (χ3v) is 4.69. The zero-order valence-corrected chi connectivity index (χ0v) is 13.3. The average molecular weight is 352 g/mol. The van der Waals surface area contributed by atoms with Crippen LogP contribution in [0.1, 0.15) is 10.4 Å². The Kier molecular flexibility index (Phi) is 5.98. The van der Waals surface area contributed by atoms with Crippen molar-refractivity contribution < 1.29 is 13.2 Å². The van der Waals surface area contributed by atoms with E-state index in [1.54, 1.807) is 23.5 Å². The normalized spacial score (nSPS) is 11.8. The van der Waals surface area contributed by atoms with Gasteiger partial charge >= 0.3 is 5.51 Å². The molecule has 1 nitrogen and oxygen atoms in total. The number of halogens is 4. The molecule has 0 saturated carbocycles. The Morgan fingerprint density at radius 1 is 1.10 bits per heavy atom. The van der Waals surface area contributed by atoms with E-state index in [4.69, 9.17) is 11.6 Å². The standard InChI is InChI=1S/C14H13ClF3NS2/c15-13-6-5-11(20-13)7-8-19-9-10-1-3-12(4-2-10)21-14(16,17)18/h1-6,19H,7-9H2. The number of nitrogens with one attached hydrogen (secondary N) is 1. The first-order valence-electron chi connectivity index (χ1n) is 6.22. The van der Waals surface area contributed by atoms with Crippen molar-refractivity contribution in [1.82, 2.24) is 5.32 Å². The lowest BCUT2D eigenvalue weighted by molar-refractivity contribution is -0.0328. The van der Waals surface area contributed by atoms with Crippen LogP contribution in [-0.4, -0.2) is 12.1 Å². The minimum absolute atomic E-state index is 0.0941. The summed E-state index contributed by atoms with van der Waals surface area (Å²) in [7, 11) is 0. The first-order chi connectivity index (χ1) is 9.92. The lowest BCUT2D eigenvalue weighted by atomic mass is 10.2. The number of alkyl halides is 3. The monoisotopic (exact) mass is 351 g/mol. The molecule has 0 fully saturated rings. The van der Waals surface area contributed by atoms with Crippen LogP contribution in [0.5, 0.6) is 0 Å². The van der Waals surface area contributed by atoms with Gasteiger partial charge in [0.15, 0.2) is 0 Å². The second-order valence-electron chi connectivity index (χ2n) is 4.32. The quantitative estimate of drug-likeness (QED) is 0.556. The number of thiophene rings is 1. The molecule has 2 aromatic rings. The van der Waals surface area contributed by atoms with Crippen molar-refractivity contribution in [2.75, 3.05) is 6.54 Å². The fourth-order valence-corrected chi connectivity index (χ4v) is 3.37. The highest BCUT2D eigenvalue weighted by Gasteiger charge is 2.28. The van der Waals surface area contributed by atoms with Crippen LogP contribution in [0.25, 0.3) is 0 Å². The van der Waals surface area contributed by atoms with Gasteiger partial charge in [-0.15, -0.1) is 11.3 Å². The molecule has 0 aliphatic carbocycles. The average Bonchev–Trinajstić information content (AvgIpc) is 2.81. The fourth-order valence-electron chi connectivity index (χ4n) is 1.74. The second-order valence-corrected chi connectivity index (χ2v) is 7.26. The molecule has 21 heavy (non-hydrogen) atoms. The molecular formula is C14H13ClF3NS2. The molecule has 0 amide bonds. The summed E-state index contributed by atoms with van der Waals surface area (Å²) >= 11 is 7.31. The first kappa shape index (κ1) is 16.7. The van der Waals surface area contributed by atoms with Crippen LogP contribution in [0.15, 0.2) is 41.3 Å². The van der Waals surface area contributed by atoms with Gasteiger partial charge in [0.1, 0.15) is 0 Å². The molecule has 0 aliphatic rings. The van der Waals surface area contributed by atoms with Crippen LogP contribution in [0.4, 0.5) is 13.2 Å². The maximum absolute atomic E-state index is 12.2. The van der Waals surface area contributed by atoms with Crippen LogP contribution in [0, 0.1) is 0 Å².